The number of hydrogen-bond donors (Lipinski definition) is 1. The zero-order valence-corrected chi connectivity index (χ0v) is 10.9. The summed E-state index contributed by atoms with van der Waals surface area (Å²) in [5.74, 6) is 0. The third-order valence-electron chi connectivity index (χ3n) is 2.22. The molecule has 0 atom stereocenters. The highest BCUT2D eigenvalue weighted by Crippen LogP contribution is 2.09. The monoisotopic (exact) mass is 316 g/mol. The van der Waals surface area contributed by atoms with Crippen LogP contribution in [0, 0.1) is 10.6 Å². The molecular formula is C10H13IN4. The van der Waals surface area contributed by atoms with Gasteiger partial charge in [0, 0.05) is 0 Å². The van der Waals surface area contributed by atoms with Crippen molar-refractivity contribution in [3.8, 4) is 0 Å². The molecule has 5 heteroatoms. The SMILES string of the molecule is CCc1cc(Cn2nc(C)cc2I)[nH]n1. The Morgan fingerprint density at radius 2 is 2.27 bits per heavy atom. The molecule has 4 nitrogen and oxygen atoms in total. The van der Waals surface area contributed by atoms with E-state index < -0.39 is 0 Å². The first-order valence-electron chi connectivity index (χ1n) is 4.92. The number of hydrogen-bond acceptors (Lipinski definition) is 2. The van der Waals surface area contributed by atoms with Crippen LogP contribution in [0.25, 0.3) is 0 Å². The van der Waals surface area contributed by atoms with Crippen LogP contribution >= 0.6 is 22.6 Å². The van der Waals surface area contributed by atoms with E-state index in [0.29, 0.717) is 0 Å². The lowest BCUT2D eigenvalue weighted by molar-refractivity contribution is 0.649. The number of aromatic amines is 1. The molecule has 0 aromatic carbocycles. The van der Waals surface area contributed by atoms with Crippen LogP contribution in [0.15, 0.2) is 12.1 Å². The maximum absolute atomic E-state index is 4.40. The molecule has 0 aliphatic carbocycles. The van der Waals surface area contributed by atoms with Crippen LogP contribution in [0.3, 0.4) is 0 Å². The van der Waals surface area contributed by atoms with Crippen molar-refractivity contribution in [1.82, 2.24) is 20.0 Å². The number of rotatable bonds is 3. The van der Waals surface area contributed by atoms with Gasteiger partial charge >= 0.3 is 0 Å². The van der Waals surface area contributed by atoms with Crippen molar-refractivity contribution in [2.24, 2.45) is 0 Å². The topological polar surface area (TPSA) is 46.5 Å². The molecule has 0 unspecified atom stereocenters. The van der Waals surface area contributed by atoms with E-state index in [1.165, 1.54) is 0 Å². The van der Waals surface area contributed by atoms with Gasteiger partial charge in [0.1, 0.15) is 0 Å². The highest BCUT2D eigenvalue weighted by molar-refractivity contribution is 14.1. The lowest BCUT2D eigenvalue weighted by Gasteiger charge is -1.99. The molecule has 15 heavy (non-hydrogen) atoms. The number of H-pyrrole nitrogens is 1. The summed E-state index contributed by atoms with van der Waals surface area (Å²) >= 11 is 2.29. The van der Waals surface area contributed by atoms with Crippen molar-refractivity contribution in [3.05, 3.63) is 32.9 Å². The Hall–Kier alpha value is -0.850. The summed E-state index contributed by atoms with van der Waals surface area (Å²) in [6.07, 6.45) is 0.964. The van der Waals surface area contributed by atoms with Crippen LogP contribution in [0.1, 0.15) is 24.0 Å². The molecule has 0 fully saturated rings. The van der Waals surface area contributed by atoms with Crippen LogP contribution in [-0.4, -0.2) is 20.0 Å². The molecule has 2 aromatic rings. The highest BCUT2D eigenvalue weighted by Gasteiger charge is 2.05. The zero-order chi connectivity index (χ0) is 10.8. The fraction of sp³-hybridized carbons (Fsp3) is 0.400. The minimum atomic E-state index is 0.763. The Kier molecular flexibility index (Phi) is 3.08. The van der Waals surface area contributed by atoms with E-state index in [1.54, 1.807) is 0 Å². The number of nitrogens with zero attached hydrogens (tertiary/aromatic N) is 3. The Balaban J connectivity index is 2.17. The Bertz CT molecular complexity index is 458. The van der Waals surface area contributed by atoms with Crippen LogP contribution < -0.4 is 0 Å². The highest BCUT2D eigenvalue weighted by atomic mass is 127. The standard InChI is InChI=1S/C10H13IN4/c1-3-8-5-9(13-12-8)6-15-10(11)4-7(2)14-15/h4-5H,3,6H2,1-2H3,(H,12,13). The lowest BCUT2D eigenvalue weighted by atomic mass is 10.3. The molecule has 2 aromatic heterocycles. The summed E-state index contributed by atoms with van der Waals surface area (Å²) < 4.78 is 3.13. The van der Waals surface area contributed by atoms with Crippen molar-refractivity contribution in [3.63, 3.8) is 0 Å². The summed E-state index contributed by atoms with van der Waals surface area (Å²) in [6.45, 7) is 4.87. The molecule has 1 N–H and O–H groups in total. The maximum Gasteiger partial charge on any atom is 0.0996 e. The maximum atomic E-state index is 4.40. The second-order valence-corrected chi connectivity index (χ2v) is 4.61. The van der Waals surface area contributed by atoms with Gasteiger partial charge in [-0.3, -0.25) is 9.78 Å². The van der Waals surface area contributed by atoms with Gasteiger partial charge in [0.2, 0.25) is 0 Å². The molecule has 0 spiro atoms. The van der Waals surface area contributed by atoms with Gasteiger partial charge in [-0.25, -0.2) is 0 Å². The Morgan fingerprint density at radius 3 is 2.80 bits per heavy atom. The van der Waals surface area contributed by atoms with Crippen molar-refractivity contribution in [2.75, 3.05) is 0 Å². The van der Waals surface area contributed by atoms with Crippen molar-refractivity contribution < 1.29 is 0 Å². The first kappa shape index (κ1) is 10.7. The molecule has 0 aliphatic heterocycles. The second kappa shape index (κ2) is 4.34. The van der Waals surface area contributed by atoms with E-state index in [9.17, 15) is 0 Å². The van der Waals surface area contributed by atoms with Gasteiger partial charge in [-0.1, -0.05) is 6.92 Å². The predicted octanol–water partition coefficient (Wildman–Crippen LogP) is 2.13. The van der Waals surface area contributed by atoms with Gasteiger partial charge in [-0.15, -0.1) is 0 Å². The lowest BCUT2D eigenvalue weighted by Crippen LogP contribution is -2.04. The Labute approximate surface area is 102 Å². The normalized spacial score (nSPS) is 10.9. The predicted molar refractivity (Wildman–Crippen MR) is 66.7 cm³/mol. The fourth-order valence-electron chi connectivity index (χ4n) is 1.46. The van der Waals surface area contributed by atoms with E-state index in [2.05, 4.69) is 56.9 Å². The molecule has 0 amide bonds. The summed E-state index contributed by atoms with van der Waals surface area (Å²) in [4.78, 5) is 0. The molecule has 0 saturated carbocycles. The number of aromatic nitrogens is 4. The summed E-state index contributed by atoms with van der Waals surface area (Å²) in [6, 6.07) is 4.16. The van der Waals surface area contributed by atoms with E-state index >= 15 is 0 Å². The van der Waals surface area contributed by atoms with E-state index in [4.69, 9.17) is 0 Å². The molecule has 0 aliphatic rings. The molecule has 0 saturated heterocycles. The molecule has 80 valence electrons. The molecular weight excluding hydrogens is 303 g/mol. The molecule has 2 rings (SSSR count). The van der Waals surface area contributed by atoms with Crippen LogP contribution in [-0.2, 0) is 13.0 Å². The van der Waals surface area contributed by atoms with Gasteiger partial charge in [0.15, 0.2) is 0 Å². The number of nitrogens with one attached hydrogen (secondary N) is 1. The van der Waals surface area contributed by atoms with Gasteiger partial charge in [-0.05, 0) is 48.1 Å². The summed E-state index contributed by atoms with van der Waals surface area (Å²) in [5.41, 5.74) is 3.26. The zero-order valence-electron chi connectivity index (χ0n) is 8.79. The summed E-state index contributed by atoms with van der Waals surface area (Å²) in [5, 5.41) is 11.6. The first-order chi connectivity index (χ1) is 7.19. The summed E-state index contributed by atoms with van der Waals surface area (Å²) in [7, 11) is 0. The van der Waals surface area contributed by atoms with E-state index in [-0.39, 0.29) is 0 Å². The third kappa shape index (κ3) is 2.39. The van der Waals surface area contributed by atoms with Crippen molar-refractivity contribution in [2.45, 2.75) is 26.8 Å². The average molecular weight is 316 g/mol. The molecule has 0 bridgehead atoms. The second-order valence-electron chi connectivity index (χ2n) is 3.50. The van der Waals surface area contributed by atoms with Crippen molar-refractivity contribution in [1.29, 1.82) is 0 Å². The largest absolute Gasteiger partial charge is 0.280 e. The third-order valence-corrected chi connectivity index (χ3v) is 3.09. The minimum Gasteiger partial charge on any atom is -0.280 e. The van der Waals surface area contributed by atoms with E-state index in [1.807, 2.05) is 11.6 Å². The van der Waals surface area contributed by atoms with E-state index in [0.717, 1.165) is 33.7 Å². The molecule has 0 radical (unpaired) electrons. The fourth-order valence-corrected chi connectivity index (χ4v) is 2.19. The van der Waals surface area contributed by atoms with Gasteiger partial charge in [0.25, 0.3) is 0 Å². The first-order valence-corrected chi connectivity index (χ1v) is 6.00. The number of halogens is 1. The number of aryl methyl sites for hydroxylation is 2. The van der Waals surface area contributed by atoms with Crippen LogP contribution in [0.5, 0.6) is 0 Å². The van der Waals surface area contributed by atoms with Crippen LogP contribution in [0.2, 0.25) is 0 Å². The average Bonchev–Trinajstić information content (AvgIpc) is 2.75. The van der Waals surface area contributed by atoms with Crippen molar-refractivity contribution >= 4 is 22.6 Å². The Morgan fingerprint density at radius 1 is 1.47 bits per heavy atom. The smallest absolute Gasteiger partial charge is 0.0996 e. The van der Waals surface area contributed by atoms with Gasteiger partial charge in [0.05, 0.1) is 27.3 Å². The minimum absolute atomic E-state index is 0.763. The molecule has 2 heterocycles. The van der Waals surface area contributed by atoms with Gasteiger partial charge < -0.3 is 0 Å². The quantitative estimate of drug-likeness (QED) is 0.882. The van der Waals surface area contributed by atoms with Gasteiger partial charge in [-0.2, -0.15) is 10.2 Å². The van der Waals surface area contributed by atoms with Crippen LogP contribution in [0.4, 0.5) is 0 Å².